The lowest BCUT2D eigenvalue weighted by Crippen LogP contribution is -2.28. The molecular formula is C19H18ClFN2O4S. The molecule has 0 saturated carbocycles. The van der Waals surface area contributed by atoms with Crippen molar-refractivity contribution in [3.05, 3.63) is 46.7 Å². The highest BCUT2D eigenvalue weighted by atomic mass is 35.5. The van der Waals surface area contributed by atoms with E-state index in [2.05, 4.69) is 10.6 Å². The SMILES string of the molecule is CSc1cc2c(cc1NC(=O)CCNC(=O)c1ccc(F)cc1Cl)OCCO2. The van der Waals surface area contributed by atoms with Gasteiger partial charge in [-0.25, -0.2) is 4.39 Å². The number of carbonyl (C=O) groups is 2. The summed E-state index contributed by atoms with van der Waals surface area (Å²) in [5, 5.41) is 5.44. The first-order valence-corrected chi connectivity index (χ1v) is 10.1. The zero-order valence-corrected chi connectivity index (χ0v) is 16.6. The van der Waals surface area contributed by atoms with E-state index in [0.29, 0.717) is 30.4 Å². The Kier molecular flexibility index (Phi) is 6.64. The Balaban J connectivity index is 1.56. The fraction of sp³-hybridized carbons (Fsp3) is 0.263. The zero-order valence-electron chi connectivity index (χ0n) is 15.0. The lowest BCUT2D eigenvalue weighted by Gasteiger charge is -2.21. The molecule has 2 N–H and O–H groups in total. The van der Waals surface area contributed by atoms with Crippen LogP contribution in [0.15, 0.2) is 35.2 Å². The molecule has 0 bridgehead atoms. The molecule has 1 aliphatic heterocycles. The number of fused-ring (bicyclic) bond motifs is 1. The monoisotopic (exact) mass is 424 g/mol. The van der Waals surface area contributed by atoms with E-state index in [-0.39, 0.29) is 29.5 Å². The van der Waals surface area contributed by atoms with E-state index in [1.165, 1.54) is 17.8 Å². The van der Waals surface area contributed by atoms with E-state index < -0.39 is 11.7 Å². The van der Waals surface area contributed by atoms with Crippen LogP contribution in [0.2, 0.25) is 5.02 Å². The molecule has 148 valence electrons. The van der Waals surface area contributed by atoms with Crippen molar-refractivity contribution >= 4 is 40.9 Å². The van der Waals surface area contributed by atoms with Gasteiger partial charge in [0.05, 0.1) is 16.3 Å². The first kappa shape index (κ1) is 20.3. The normalized spacial score (nSPS) is 12.4. The quantitative estimate of drug-likeness (QED) is 0.691. The second-order valence-corrected chi connectivity index (χ2v) is 7.13. The Morgan fingerprint density at radius 1 is 1.18 bits per heavy atom. The van der Waals surface area contributed by atoms with Gasteiger partial charge in [-0.05, 0) is 30.5 Å². The maximum absolute atomic E-state index is 13.1. The second kappa shape index (κ2) is 9.16. The van der Waals surface area contributed by atoms with Gasteiger partial charge < -0.3 is 20.1 Å². The van der Waals surface area contributed by atoms with Crippen LogP contribution in [0.1, 0.15) is 16.8 Å². The lowest BCUT2D eigenvalue weighted by atomic mass is 10.2. The van der Waals surface area contributed by atoms with Gasteiger partial charge in [-0.2, -0.15) is 0 Å². The highest BCUT2D eigenvalue weighted by molar-refractivity contribution is 7.98. The topological polar surface area (TPSA) is 76.7 Å². The van der Waals surface area contributed by atoms with Crippen LogP contribution < -0.4 is 20.1 Å². The minimum Gasteiger partial charge on any atom is -0.486 e. The van der Waals surface area contributed by atoms with Gasteiger partial charge in [0, 0.05) is 23.9 Å². The van der Waals surface area contributed by atoms with Crippen molar-refractivity contribution in [2.24, 2.45) is 0 Å². The van der Waals surface area contributed by atoms with E-state index >= 15 is 0 Å². The molecule has 3 rings (SSSR count). The summed E-state index contributed by atoms with van der Waals surface area (Å²) in [7, 11) is 0. The summed E-state index contributed by atoms with van der Waals surface area (Å²) in [5.74, 6) is -0.0278. The number of hydrogen-bond donors (Lipinski definition) is 2. The van der Waals surface area contributed by atoms with E-state index in [1.54, 1.807) is 6.07 Å². The largest absolute Gasteiger partial charge is 0.486 e. The first-order chi connectivity index (χ1) is 13.5. The van der Waals surface area contributed by atoms with Crippen molar-refractivity contribution in [2.75, 3.05) is 31.3 Å². The molecule has 2 aromatic rings. The van der Waals surface area contributed by atoms with Crippen molar-refractivity contribution in [1.82, 2.24) is 5.32 Å². The zero-order chi connectivity index (χ0) is 20.1. The van der Waals surface area contributed by atoms with Gasteiger partial charge in [-0.1, -0.05) is 11.6 Å². The molecule has 0 radical (unpaired) electrons. The molecule has 0 atom stereocenters. The predicted molar refractivity (Wildman–Crippen MR) is 106 cm³/mol. The molecule has 28 heavy (non-hydrogen) atoms. The maximum Gasteiger partial charge on any atom is 0.252 e. The van der Waals surface area contributed by atoms with Crippen LogP contribution >= 0.6 is 23.4 Å². The van der Waals surface area contributed by atoms with Gasteiger partial charge in [0.25, 0.3) is 5.91 Å². The Hall–Kier alpha value is -2.45. The van der Waals surface area contributed by atoms with Crippen LogP contribution in [-0.2, 0) is 4.79 Å². The first-order valence-electron chi connectivity index (χ1n) is 8.48. The van der Waals surface area contributed by atoms with Gasteiger partial charge in [0.2, 0.25) is 5.91 Å². The number of carbonyl (C=O) groups excluding carboxylic acids is 2. The molecule has 0 saturated heterocycles. The predicted octanol–water partition coefficient (Wildman–Crippen LogP) is 3.73. The molecule has 0 aromatic heterocycles. The summed E-state index contributed by atoms with van der Waals surface area (Å²) in [4.78, 5) is 25.2. The van der Waals surface area contributed by atoms with E-state index in [4.69, 9.17) is 21.1 Å². The van der Waals surface area contributed by atoms with Gasteiger partial charge in [0.1, 0.15) is 19.0 Å². The Bertz CT molecular complexity index is 910. The summed E-state index contributed by atoms with van der Waals surface area (Å²) in [5.41, 5.74) is 0.773. The second-order valence-electron chi connectivity index (χ2n) is 5.87. The van der Waals surface area contributed by atoms with Crippen LogP contribution in [0, 0.1) is 5.82 Å². The number of rotatable bonds is 6. The number of nitrogens with one attached hydrogen (secondary N) is 2. The summed E-state index contributed by atoms with van der Waals surface area (Å²) < 4.78 is 24.1. The van der Waals surface area contributed by atoms with E-state index in [9.17, 15) is 14.0 Å². The number of amides is 2. The molecule has 0 spiro atoms. The average molecular weight is 425 g/mol. The van der Waals surface area contributed by atoms with Crippen LogP contribution in [0.4, 0.5) is 10.1 Å². The highest BCUT2D eigenvalue weighted by Gasteiger charge is 2.17. The standard InChI is InChI=1S/C19H18ClFN2O4S/c1-28-17-10-16-15(26-6-7-27-16)9-14(17)23-18(24)4-5-22-19(25)12-3-2-11(21)8-13(12)20/h2-3,8-10H,4-7H2,1H3,(H,22,25)(H,23,24). The number of hydrogen-bond acceptors (Lipinski definition) is 5. The number of halogens is 2. The molecule has 0 aliphatic carbocycles. The Morgan fingerprint density at radius 2 is 1.89 bits per heavy atom. The van der Waals surface area contributed by atoms with E-state index in [1.807, 2.05) is 12.3 Å². The Morgan fingerprint density at radius 3 is 2.57 bits per heavy atom. The molecule has 1 heterocycles. The number of benzene rings is 2. The minimum atomic E-state index is -0.523. The van der Waals surface area contributed by atoms with Gasteiger partial charge in [-0.15, -0.1) is 11.8 Å². The van der Waals surface area contributed by atoms with Crippen molar-refractivity contribution in [3.8, 4) is 11.5 Å². The molecule has 2 amide bonds. The van der Waals surface area contributed by atoms with Gasteiger partial charge >= 0.3 is 0 Å². The third-order valence-corrected chi connectivity index (χ3v) is 5.04. The maximum atomic E-state index is 13.1. The van der Waals surface area contributed by atoms with Crippen molar-refractivity contribution in [3.63, 3.8) is 0 Å². The molecule has 9 heteroatoms. The van der Waals surface area contributed by atoms with Crippen LogP contribution in [-0.4, -0.2) is 37.8 Å². The van der Waals surface area contributed by atoms with Crippen molar-refractivity contribution in [2.45, 2.75) is 11.3 Å². The van der Waals surface area contributed by atoms with Crippen LogP contribution in [0.5, 0.6) is 11.5 Å². The number of thioether (sulfide) groups is 1. The molecule has 2 aromatic carbocycles. The van der Waals surface area contributed by atoms with Gasteiger partial charge in [0.15, 0.2) is 11.5 Å². The fourth-order valence-electron chi connectivity index (χ4n) is 2.61. The lowest BCUT2D eigenvalue weighted by molar-refractivity contribution is -0.116. The van der Waals surface area contributed by atoms with Crippen molar-refractivity contribution in [1.29, 1.82) is 0 Å². The fourth-order valence-corrected chi connectivity index (χ4v) is 3.42. The summed E-state index contributed by atoms with van der Waals surface area (Å²) in [6.07, 6.45) is 1.96. The third kappa shape index (κ3) is 4.88. The number of ether oxygens (including phenoxy) is 2. The molecule has 6 nitrogen and oxygen atoms in total. The summed E-state index contributed by atoms with van der Waals surface area (Å²) in [6, 6.07) is 7.07. The third-order valence-electron chi connectivity index (χ3n) is 3.95. The molecule has 0 unspecified atom stereocenters. The van der Waals surface area contributed by atoms with Gasteiger partial charge in [-0.3, -0.25) is 9.59 Å². The van der Waals surface area contributed by atoms with Crippen LogP contribution in [0.25, 0.3) is 0 Å². The molecular weight excluding hydrogens is 407 g/mol. The smallest absolute Gasteiger partial charge is 0.252 e. The highest BCUT2D eigenvalue weighted by Crippen LogP contribution is 2.39. The Labute approximate surface area is 170 Å². The summed E-state index contributed by atoms with van der Waals surface area (Å²) >= 11 is 7.33. The van der Waals surface area contributed by atoms with Crippen molar-refractivity contribution < 1.29 is 23.5 Å². The summed E-state index contributed by atoms with van der Waals surface area (Å²) in [6.45, 7) is 1.05. The molecule has 0 fully saturated rings. The minimum absolute atomic E-state index is 0.0165. The van der Waals surface area contributed by atoms with E-state index in [0.717, 1.165) is 17.0 Å². The average Bonchev–Trinajstić information content (AvgIpc) is 2.67. The molecule has 1 aliphatic rings. The van der Waals surface area contributed by atoms with Crippen LogP contribution in [0.3, 0.4) is 0 Å². The number of anilines is 1.